The molecule has 3 N–H and O–H groups in total. The minimum atomic E-state index is -0.475. The van der Waals surface area contributed by atoms with Gasteiger partial charge >= 0.3 is 0 Å². The molecule has 0 spiro atoms. The molecular formula is C15H13BrN2O2S. The number of carbonyl (C=O) groups excluding carboxylic acids is 2. The number of anilines is 1. The third kappa shape index (κ3) is 2.61. The maximum Gasteiger partial charge on any atom is 0.257 e. The Morgan fingerprint density at radius 3 is 2.71 bits per heavy atom. The van der Waals surface area contributed by atoms with Crippen molar-refractivity contribution >= 4 is 44.1 Å². The number of fused-ring (bicyclic) bond motifs is 1. The first-order valence-electron chi connectivity index (χ1n) is 6.58. The van der Waals surface area contributed by atoms with Crippen molar-refractivity contribution in [3.05, 3.63) is 50.3 Å². The van der Waals surface area contributed by atoms with E-state index in [1.54, 1.807) is 18.2 Å². The quantitative estimate of drug-likeness (QED) is 0.876. The molecule has 1 aliphatic carbocycles. The Labute approximate surface area is 134 Å². The lowest BCUT2D eigenvalue weighted by molar-refractivity contribution is 0.100. The molecule has 2 aromatic rings. The van der Waals surface area contributed by atoms with E-state index in [2.05, 4.69) is 21.2 Å². The molecule has 0 unspecified atom stereocenters. The molecule has 0 atom stereocenters. The molecule has 0 radical (unpaired) electrons. The van der Waals surface area contributed by atoms with Gasteiger partial charge in [0.05, 0.1) is 11.1 Å². The number of amides is 2. The van der Waals surface area contributed by atoms with E-state index < -0.39 is 5.91 Å². The highest BCUT2D eigenvalue weighted by Crippen LogP contribution is 2.39. The Hall–Kier alpha value is -1.66. The standard InChI is InChI=1S/C15H13BrN2O2S/c16-10-6-2-1-4-8(10)14(20)18-15-12(13(17)19)9-5-3-7-11(9)21-15/h1-2,4,6H,3,5,7H2,(H2,17,19)(H,18,20). The SMILES string of the molecule is NC(=O)c1c(NC(=O)c2ccccc2Br)sc2c1CCC2. The molecule has 0 fully saturated rings. The summed E-state index contributed by atoms with van der Waals surface area (Å²) in [5.74, 6) is -0.721. The van der Waals surface area contributed by atoms with Crippen LogP contribution in [0.3, 0.4) is 0 Å². The highest BCUT2D eigenvalue weighted by atomic mass is 79.9. The van der Waals surface area contributed by atoms with Crippen LogP contribution in [0.25, 0.3) is 0 Å². The van der Waals surface area contributed by atoms with Crippen LogP contribution in [-0.4, -0.2) is 11.8 Å². The summed E-state index contributed by atoms with van der Waals surface area (Å²) < 4.78 is 0.715. The van der Waals surface area contributed by atoms with Gasteiger partial charge in [-0.15, -0.1) is 11.3 Å². The van der Waals surface area contributed by atoms with Crippen molar-refractivity contribution in [3.63, 3.8) is 0 Å². The molecule has 0 aliphatic heterocycles. The number of hydrogen-bond donors (Lipinski definition) is 2. The molecule has 1 heterocycles. The van der Waals surface area contributed by atoms with Gasteiger partial charge in [-0.05, 0) is 52.9 Å². The average molecular weight is 365 g/mol. The molecule has 21 heavy (non-hydrogen) atoms. The first-order valence-corrected chi connectivity index (χ1v) is 8.19. The minimum Gasteiger partial charge on any atom is -0.365 e. The normalized spacial score (nSPS) is 13.0. The molecular weight excluding hydrogens is 352 g/mol. The molecule has 1 aliphatic rings. The number of rotatable bonds is 3. The van der Waals surface area contributed by atoms with Crippen LogP contribution in [0.15, 0.2) is 28.7 Å². The largest absolute Gasteiger partial charge is 0.365 e. The number of benzene rings is 1. The van der Waals surface area contributed by atoms with Gasteiger partial charge in [-0.3, -0.25) is 9.59 Å². The van der Waals surface area contributed by atoms with Gasteiger partial charge in [-0.1, -0.05) is 12.1 Å². The van der Waals surface area contributed by atoms with Gasteiger partial charge in [0.1, 0.15) is 5.00 Å². The van der Waals surface area contributed by atoms with Crippen molar-refractivity contribution in [2.75, 3.05) is 5.32 Å². The van der Waals surface area contributed by atoms with Crippen LogP contribution in [0.5, 0.6) is 0 Å². The Kier molecular flexibility index (Phi) is 3.82. The zero-order valence-corrected chi connectivity index (χ0v) is 13.5. The molecule has 1 aromatic heterocycles. The van der Waals surface area contributed by atoms with Gasteiger partial charge in [0.2, 0.25) is 0 Å². The average Bonchev–Trinajstić information content (AvgIpc) is 2.98. The third-order valence-corrected chi connectivity index (χ3v) is 5.41. The van der Waals surface area contributed by atoms with Crippen LogP contribution >= 0.6 is 27.3 Å². The van der Waals surface area contributed by atoms with Crippen LogP contribution in [0, 0.1) is 0 Å². The van der Waals surface area contributed by atoms with Crippen molar-refractivity contribution in [1.82, 2.24) is 0 Å². The third-order valence-electron chi connectivity index (χ3n) is 3.51. The highest BCUT2D eigenvalue weighted by molar-refractivity contribution is 9.10. The summed E-state index contributed by atoms with van der Waals surface area (Å²) in [6, 6.07) is 7.17. The zero-order valence-electron chi connectivity index (χ0n) is 11.1. The van der Waals surface area contributed by atoms with Crippen molar-refractivity contribution < 1.29 is 9.59 Å². The first kappa shape index (κ1) is 14.3. The first-order chi connectivity index (χ1) is 10.1. The number of hydrogen-bond acceptors (Lipinski definition) is 3. The fraction of sp³-hybridized carbons (Fsp3) is 0.200. The number of halogens is 1. The Bertz CT molecular complexity index is 739. The van der Waals surface area contributed by atoms with Crippen LogP contribution in [-0.2, 0) is 12.8 Å². The lowest BCUT2D eigenvalue weighted by Crippen LogP contribution is -2.18. The number of thiophene rings is 1. The van der Waals surface area contributed by atoms with E-state index >= 15 is 0 Å². The summed E-state index contributed by atoms with van der Waals surface area (Å²) in [4.78, 5) is 25.2. The lowest BCUT2D eigenvalue weighted by Gasteiger charge is -2.07. The second-order valence-corrected chi connectivity index (χ2v) is 6.82. The molecule has 0 bridgehead atoms. The Morgan fingerprint density at radius 1 is 1.24 bits per heavy atom. The van der Waals surface area contributed by atoms with E-state index in [4.69, 9.17) is 5.73 Å². The fourth-order valence-corrected chi connectivity index (χ4v) is 4.32. The summed E-state index contributed by atoms with van der Waals surface area (Å²) >= 11 is 4.81. The fourth-order valence-electron chi connectivity index (χ4n) is 2.57. The second kappa shape index (κ2) is 5.61. The number of primary amides is 1. The molecule has 1 aromatic carbocycles. The predicted octanol–water partition coefficient (Wildman–Crippen LogP) is 3.35. The number of carbonyl (C=O) groups is 2. The Balaban J connectivity index is 1.94. The summed E-state index contributed by atoms with van der Waals surface area (Å²) in [6.07, 6.45) is 2.85. The maximum atomic E-state index is 12.4. The summed E-state index contributed by atoms with van der Waals surface area (Å²) in [7, 11) is 0. The van der Waals surface area contributed by atoms with Crippen molar-refractivity contribution in [2.45, 2.75) is 19.3 Å². The van der Waals surface area contributed by atoms with Crippen molar-refractivity contribution in [2.24, 2.45) is 5.73 Å². The van der Waals surface area contributed by atoms with Crippen LogP contribution in [0.4, 0.5) is 5.00 Å². The lowest BCUT2D eigenvalue weighted by atomic mass is 10.1. The van der Waals surface area contributed by atoms with Crippen LogP contribution in [0.1, 0.15) is 37.6 Å². The number of aryl methyl sites for hydroxylation is 1. The molecule has 0 saturated carbocycles. The smallest absolute Gasteiger partial charge is 0.257 e. The van der Waals surface area contributed by atoms with Gasteiger partial charge in [-0.25, -0.2) is 0 Å². The minimum absolute atomic E-state index is 0.245. The molecule has 6 heteroatoms. The Morgan fingerprint density at radius 2 is 2.00 bits per heavy atom. The number of nitrogens with two attached hydrogens (primary N) is 1. The van der Waals surface area contributed by atoms with Crippen molar-refractivity contribution in [3.8, 4) is 0 Å². The van der Waals surface area contributed by atoms with E-state index in [9.17, 15) is 9.59 Å². The van der Waals surface area contributed by atoms with Crippen LogP contribution in [0.2, 0.25) is 0 Å². The van der Waals surface area contributed by atoms with Gasteiger partial charge in [0.15, 0.2) is 0 Å². The monoisotopic (exact) mass is 364 g/mol. The van der Waals surface area contributed by atoms with Gasteiger partial charge < -0.3 is 11.1 Å². The van der Waals surface area contributed by atoms with E-state index in [0.717, 1.165) is 29.7 Å². The van der Waals surface area contributed by atoms with E-state index in [-0.39, 0.29) is 5.91 Å². The van der Waals surface area contributed by atoms with E-state index in [0.29, 0.717) is 20.6 Å². The number of nitrogens with one attached hydrogen (secondary N) is 1. The highest BCUT2D eigenvalue weighted by Gasteiger charge is 2.26. The zero-order chi connectivity index (χ0) is 15.0. The summed E-state index contributed by atoms with van der Waals surface area (Å²) in [5, 5.41) is 3.39. The molecule has 108 valence electrons. The topological polar surface area (TPSA) is 72.2 Å². The van der Waals surface area contributed by atoms with E-state index in [1.165, 1.54) is 11.3 Å². The molecule has 2 amide bonds. The van der Waals surface area contributed by atoms with E-state index in [1.807, 2.05) is 6.07 Å². The molecule has 3 rings (SSSR count). The molecule has 0 saturated heterocycles. The van der Waals surface area contributed by atoms with Crippen LogP contribution < -0.4 is 11.1 Å². The predicted molar refractivity (Wildman–Crippen MR) is 87.0 cm³/mol. The van der Waals surface area contributed by atoms with Gasteiger partial charge in [-0.2, -0.15) is 0 Å². The van der Waals surface area contributed by atoms with Crippen molar-refractivity contribution in [1.29, 1.82) is 0 Å². The summed E-state index contributed by atoms with van der Waals surface area (Å²) in [6.45, 7) is 0. The van der Waals surface area contributed by atoms with Gasteiger partial charge in [0.25, 0.3) is 11.8 Å². The molecule has 4 nitrogen and oxygen atoms in total. The summed E-state index contributed by atoms with van der Waals surface area (Å²) in [5.41, 5.74) is 7.50. The maximum absolute atomic E-state index is 12.4. The van der Waals surface area contributed by atoms with Gasteiger partial charge in [0, 0.05) is 9.35 Å². The second-order valence-electron chi connectivity index (χ2n) is 4.86.